The van der Waals surface area contributed by atoms with Gasteiger partial charge in [-0.05, 0) is 75.4 Å². The summed E-state index contributed by atoms with van der Waals surface area (Å²) in [6, 6.07) is 3.88. The Morgan fingerprint density at radius 1 is 1.14 bits per heavy atom. The van der Waals surface area contributed by atoms with E-state index >= 15 is 0 Å². The Labute approximate surface area is 253 Å². The highest BCUT2D eigenvalue weighted by Gasteiger charge is 2.51. The molecule has 0 amide bonds. The van der Waals surface area contributed by atoms with Crippen molar-refractivity contribution in [3.05, 3.63) is 89.3 Å². The van der Waals surface area contributed by atoms with Crippen molar-refractivity contribution >= 4 is 22.8 Å². The van der Waals surface area contributed by atoms with Gasteiger partial charge in [0.25, 0.3) is 0 Å². The molecule has 0 radical (unpaired) electrons. The van der Waals surface area contributed by atoms with E-state index in [1.165, 1.54) is 12.3 Å². The Kier molecular flexibility index (Phi) is 7.60. The lowest BCUT2D eigenvalue weighted by molar-refractivity contribution is -0.137. The molecule has 0 saturated heterocycles. The molecule has 4 aromatic rings. The molecule has 0 N–H and O–H groups in total. The Balaban J connectivity index is 1.45. The SMILES string of the molecule is CC(C)N(C1CCC2=Cc3c(cnn3-c3ccc(F)nc3)CC2(C(=O)c2cc(C(F)(F)F)ccn2)C1)S(=O)c1cnn(C)c1. The van der Waals surface area contributed by atoms with E-state index in [0.717, 1.165) is 23.9 Å². The second kappa shape index (κ2) is 11.1. The van der Waals surface area contributed by atoms with Gasteiger partial charge in [-0.3, -0.25) is 14.5 Å². The number of pyridine rings is 2. The van der Waals surface area contributed by atoms with Crippen molar-refractivity contribution in [2.75, 3.05) is 0 Å². The molecule has 9 nitrogen and oxygen atoms in total. The van der Waals surface area contributed by atoms with Crippen molar-refractivity contribution < 1.29 is 26.6 Å². The molecule has 1 saturated carbocycles. The number of allylic oxidation sites excluding steroid dienone is 1. The second-order valence-electron chi connectivity index (χ2n) is 11.4. The summed E-state index contributed by atoms with van der Waals surface area (Å²) in [7, 11) is 0.133. The minimum Gasteiger partial charge on any atom is -0.291 e. The van der Waals surface area contributed by atoms with E-state index in [0.29, 0.717) is 34.7 Å². The molecule has 0 spiro atoms. The average Bonchev–Trinajstić information content (AvgIpc) is 3.61. The third-order valence-corrected chi connectivity index (χ3v) is 10.0. The lowest BCUT2D eigenvalue weighted by atomic mass is 9.60. The first-order valence-corrected chi connectivity index (χ1v) is 15.1. The molecule has 3 unspecified atom stereocenters. The second-order valence-corrected chi connectivity index (χ2v) is 12.8. The van der Waals surface area contributed by atoms with Gasteiger partial charge < -0.3 is 0 Å². The van der Waals surface area contributed by atoms with Gasteiger partial charge in [-0.15, -0.1) is 0 Å². The Hall–Kier alpha value is -4.04. The molecule has 4 aromatic heterocycles. The van der Waals surface area contributed by atoms with E-state index < -0.39 is 39.9 Å². The van der Waals surface area contributed by atoms with Crippen molar-refractivity contribution in [2.45, 2.75) is 62.7 Å². The van der Waals surface area contributed by atoms with Crippen molar-refractivity contribution in [1.82, 2.24) is 33.8 Å². The van der Waals surface area contributed by atoms with Crippen LogP contribution in [-0.4, -0.2) is 55.9 Å². The maximum atomic E-state index is 14.5. The fourth-order valence-corrected chi connectivity index (χ4v) is 7.79. The number of aromatic nitrogens is 6. The van der Waals surface area contributed by atoms with Crippen LogP contribution >= 0.6 is 0 Å². The minimum absolute atomic E-state index is 0.154. The quantitative estimate of drug-likeness (QED) is 0.156. The molecule has 230 valence electrons. The van der Waals surface area contributed by atoms with Gasteiger partial charge in [-0.1, -0.05) is 5.57 Å². The van der Waals surface area contributed by atoms with Crippen molar-refractivity contribution in [1.29, 1.82) is 0 Å². The minimum atomic E-state index is -4.65. The fraction of sp³-hybridized carbons (Fsp3) is 0.367. The van der Waals surface area contributed by atoms with Crippen molar-refractivity contribution in [2.24, 2.45) is 12.5 Å². The summed E-state index contributed by atoms with van der Waals surface area (Å²) in [5, 5.41) is 8.64. The normalized spacial score (nSPS) is 20.8. The summed E-state index contributed by atoms with van der Waals surface area (Å²) in [5.74, 6) is -1.17. The van der Waals surface area contributed by atoms with Crippen LogP contribution in [0.1, 0.15) is 60.4 Å². The number of rotatable bonds is 7. The first-order chi connectivity index (χ1) is 20.9. The van der Waals surface area contributed by atoms with Crippen LogP contribution in [0.4, 0.5) is 17.6 Å². The van der Waals surface area contributed by atoms with Gasteiger partial charge in [-0.2, -0.15) is 27.8 Å². The van der Waals surface area contributed by atoms with E-state index in [1.54, 1.807) is 41.1 Å². The number of aryl methyl sites for hydroxylation is 1. The number of fused-ring (bicyclic) bond motifs is 2. The molecule has 0 aliphatic heterocycles. The Morgan fingerprint density at radius 3 is 2.59 bits per heavy atom. The van der Waals surface area contributed by atoms with Crippen molar-refractivity contribution in [3.63, 3.8) is 0 Å². The molecular formula is C30H29F4N7O2S. The molecule has 0 aromatic carbocycles. The van der Waals surface area contributed by atoms with E-state index in [-0.39, 0.29) is 30.6 Å². The summed E-state index contributed by atoms with van der Waals surface area (Å²) in [6.07, 6.45) is 5.74. The van der Waals surface area contributed by atoms with E-state index in [2.05, 4.69) is 20.2 Å². The zero-order chi connectivity index (χ0) is 31.4. The number of hydrogen-bond acceptors (Lipinski definition) is 6. The van der Waals surface area contributed by atoms with Crippen LogP contribution in [-0.2, 0) is 30.6 Å². The fourth-order valence-electron chi connectivity index (χ4n) is 6.34. The number of Topliss-reactive ketones (excluding diaryl/α,β-unsaturated/α-hetero) is 1. The zero-order valence-electron chi connectivity index (χ0n) is 24.1. The van der Waals surface area contributed by atoms with E-state index in [4.69, 9.17) is 0 Å². The first-order valence-electron chi connectivity index (χ1n) is 14.0. The summed E-state index contributed by atoms with van der Waals surface area (Å²) in [6.45, 7) is 3.84. The summed E-state index contributed by atoms with van der Waals surface area (Å²) < 4.78 is 73.4. The van der Waals surface area contributed by atoms with Crippen LogP contribution in [0.25, 0.3) is 11.8 Å². The number of ketones is 1. The van der Waals surface area contributed by atoms with E-state index in [1.807, 2.05) is 24.2 Å². The van der Waals surface area contributed by atoms with Crippen LogP contribution in [0.15, 0.2) is 65.7 Å². The predicted molar refractivity (Wildman–Crippen MR) is 153 cm³/mol. The molecule has 6 rings (SSSR count). The monoisotopic (exact) mass is 627 g/mol. The number of hydrogen-bond donors (Lipinski definition) is 0. The highest BCUT2D eigenvalue weighted by Crippen LogP contribution is 2.51. The number of alkyl halides is 3. The maximum absolute atomic E-state index is 14.5. The van der Waals surface area contributed by atoms with Gasteiger partial charge in [0, 0.05) is 31.5 Å². The molecule has 14 heteroatoms. The summed E-state index contributed by atoms with van der Waals surface area (Å²) >= 11 is 0. The van der Waals surface area contributed by atoms with Crippen LogP contribution in [0.5, 0.6) is 0 Å². The largest absolute Gasteiger partial charge is 0.416 e. The summed E-state index contributed by atoms with van der Waals surface area (Å²) in [5.41, 5.74) is 0.145. The van der Waals surface area contributed by atoms with Gasteiger partial charge >= 0.3 is 6.18 Å². The number of carbonyl (C=O) groups excluding carboxylic acids is 1. The standard InChI is InChI=1S/C30H29F4N7O2S/c1-18(2)41(44(43)24-16-37-39(3)17-24)22-5-4-20-11-26-19(14-38-40(26)23-6-7-27(31)36-15-23)12-29(20,13-22)28(42)25-10-21(8-9-35-25)30(32,33)34/h6-11,14-18,22H,4-5,12-13H2,1-3H3. The lowest BCUT2D eigenvalue weighted by Crippen LogP contribution is -2.51. The maximum Gasteiger partial charge on any atom is 0.416 e. The van der Waals surface area contributed by atoms with Gasteiger partial charge in [-0.25, -0.2) is 18.2 Å². The average molecular weight is 628 g/mol. The molecule has 2 aliphatic rings. The zero-order valence-corrected chi connectivity index (χ0v) is 24.9. The molecule has 4 heterocycles. The van der Waals surface area contributed by atoms with Gasteiger partial charge in [0.15, 0.2) is 5.78 Å². The van der Waals surface area contributed by atoms with E-state index in [9.17, 15) is 26.6 Å². The molecule has 1 fully saturated rings. The molecule has 2 aliphatic carbocycles. The topological polar surface area (TPSA) is 98.8 Å². The molecular weight excluding hydrogens is 598 g/mol. The van der Waals surface area contributed by atoms with Gasteiger partial charge in [0.2, 0.25) is 5.95 Å². The smallest absolute Gasteiger partial charge is 0.291 e. The van der Waals surface area contributed by atoms with Crippen LogP contribution < -0.4 is 0 Å². The van der Waals surface area contributed by atoms with Crippen LogP contribution in [0.3, 0.4) is 0 Å². The van der Waals surface area contributed by atoms with Gasteiger partial charge in [0.05, 0.1) is 45.8 Å². The lowest BCUT2D eigenvalue weighted by Gasteiger charge is -2.47. The third kappa shape index (κ3) is 5.30. The number of carbonyl (C=O) groups is 1. The Bertz CT molecular complexity index is 1780. The highest BCUT2D eigenvalue weighted by atomic mass is 32.2. The third-order valence-electron chi connectivity index (χ3n) is 8.29. The molecule has 0 bridgehead atoms. The van der Waals surface area contributed by atoms with Crippen LogP contribution in [0.2, 0.25) is 0 Å². The first kappa shape index (κ1) is 30.0. The Morgan fingerprint density at radius 2 is 1.93 bits per heavy atom. The summed E-state index contributed by atoms with van der Waals surface area (Å²) in [4.78, 5) is 22.8. The molecule has 44 heavy (non-hydrogen) atoms. The molecule has 3 atom stereocenters. The van der Waals surface area contributed by atoms with Crippen LogP contribution in [0, 0.1) is 11.4 Å². The predicted octanol–water partition coefficient (Wildman–Crippen LogP) is 5.35. The van der Waals surface area contributed by atoms with Gasteiger partial charge in [0.1, 0.15) is 16.7 Å². The number of halogens is 4. The number of nitrogens with zero attached hydrogens (tertiary/aromatic N) is 7. The highest BCUT2D eigenvalue weighted by molar-refractivity contribution is 7.82. The van der Waals surface area contributed by atoms with Crippen molar-refractivity contribution in [3.8, 4) is 5.69 Å².